The number of amides is 1. The number of rotatable bonds is 5. The summed E-state index contributed by atoms with van der Waals surface area (Å²) in [5.74, 6) is -2.42. The lowest BCUT2D eigenvalue weighted by Crippen LogP contribution is -2.44. The Bertz CT molecular complexity index is 559. The van der Waals surface area contributed by atoms with E-state index in [0.717, 1.165) is 0 Å². The van der Waals surface area contributed by atoms with Gasteiger partial charge < -0.3 is 10.4 Å². The quantitative estimate of drug-likeness (QED) is 0.639. The molecule has 1 rings (SSSR count). The maximum atomic E-state index is 12.0. The zero-order valence-corrected chi connectivity index (χ0v) is 11.5. The third kappa shape index (κ3) is 3.45. The van der Waals surface area contributed by atoms with Crippen LogP contribution < -0.4 is 5.32 Å². The first-order valence-corrected chi connectivity index (χ1v) is 6.10. The van der Waals surface area contributed by atoms with Crippen molar-refractivity contribution in [2.45, 2.75) is 19.9 Å². The summed E-state index contributed by atoms with van der Waals surface area (Å²) >= 11 is 5.69. The molecule has 1 atom stereocenters. The molecule has 0 radical (unpaired) electrons. The van der Waals surface area contributed by atoms with Gasteiger partial charge in [-0.05, 0) is 18.1 Å². The van der Waals surface area contributed by atoms with Crippen molar-refractivity contribution in [2.75, 3.05) is 0 Å². The van der Waals surface area contributed by atoms with Gasteiger partial charge in [0.05, 0.1) is 4.92 Å². The molecule has 0 bridgehead atoms. The molecule has 0 saturated heterocycles. The molecule has 1 aromatic rings. The van der Waals surface area contributed by atoms with Crippen molar-refractivity contribution in [3.63, 3.8) is 0 Å². The fraction of sp³-hybridized carbons (Fsp3) is 0.333. The minimum Gasteiger partial charge on any atom is -0.480 e. The van der Waals surface area contributed by atoms with Crippen LogP contribution in [-0.4, -0.2) is 27.9 Å². The van der Waals surface area contributed by atoms with Crippen LogP contribution in [-0.2, 0) is 4.79 Å². The lowest BCUT2D eigenvalue weighted by atomic mass is 10.0. The Morgan fingerprint density at radius 1 is 1.40 bits per heavy atom. The van der Waals surface area contributed by atoms with E-state index in [9.17, 15) is 19.7 Å². The van der Waals surface area contributed by atoms with Crippen LogP contribution in [0.4, 0.5) is 5.69 Å². The summed E-state index contributed by atoms with van der Waals surface area (Å²) in [6.07, 6.45) is 0. The predicted molar refractivity (Wildman–Crippen MR) is 71.8 cm³/mol. The monoisotopic (exact) mass is 300 g/mol. The van der Waals surface area contributed by atoms with Gasteiger partial charge in [-0.1, -0.05) is 31.5 Å². The number of carbonyl (C=O) groups is 2. The Kier molecular flexibility index (Phi) is 5.04. The zero-order chi connectivity index (χ0) is 15.4. The molecule has 20 heavy (non-hydrogen) atoms. The van der Waals surface area contributed by atoms with Crippen LogP contribution in [0.15, 0.2) is 18.2 Å². The number of nitro benzene ring substituents is 1. The van der Waals surface area contributed by atoms with Crippen LogP contribution in [0, 0.1) is 16.0 Å². The summed E-state index contributed by atoms with van der Waals surface area (Å²) in [6.45, 7) is 3.23. The largest absolute Gasteiger partial charge is 0.480 e. The van der Waals surface area contributed by atoms with E-state index in [-0.39, 0.29) is 16.5 Å². The van der Waals surface area contributed by atoms with Crippen LogP contribution in [0.3, 0.4) is 0 Å². The second-order valence-electron chi connectivity index (χ2n) is 4.43. The Morgan fingerprint density at radius 3 is 2.45 bits per heavy atom. The predicted octanol–water partition coefficient (Wildman–Crippen LogP) is 2.09. The van der Waals surface area contributed by atoms with Gasteiger partial charge in [-0.15, -0.1) is 0 Å². The van der Waals surface area contributed by atoms with Gasteiger partial charge in [0.25, 0.3) is 5.91 Å². The number of para-hydroxylation sites is 1. The molecule has 0 unspecified atom stereocenters. The highest BCUT2D eigenvalue weighted by Crippen LogP contribution is 2.28. The van der Waals surface area contributed by atoms with Gasteiger partial charge in [0, 0.05) is 0 Å². The highest BCUT2D eigenvalue weighted by Gasteiger charge is 2.28. The molecule has 7 nitrogen and oxygen atoms in total. The lowest BCUT2D eigenvalue weighted by molar-refractivity contribution is -0.385. The third-order valence-electron chi connectivity index (χ3n) is 2.63. The van der Waals surface area contributed by atoms with E-state index in [4.69, 9.17) is 16.7 Å². The Morgan fingerprint density at radius 2 is 2.00 bits per heavy atom. The molecule has 8 heteroatoms. The van der Waals surface area contributed by atoms with Crippen LogP contribution in [0.5, 0.6) is 0 Å². The molecular formula is C12H13ClN2O5. The zero-order valence-electron chi connectivity index (χ0n) is 10.8. The molecule has 108 valence electrons. The van der Waals surface area contributed by atoms with Crippen molar-refractivity contribution in [3.05, 3.63) is 38.9 Å². The average Bonchev–Trinajstić information content (AvgIpc) is 2.33. The summed E-state index contributed by atoms with van der Waals surface area (Å²) in [5, 5.41) is 22.0. The van der Waals surface area contributed by atoms with E-state index < -0.39 is 28.5 Å². The molecule has 2 N–H and O–H groups in total. The molecule has 0 aliphatic carbocycles. The molecule has 0 aliphatic rings. The standard InChI is InChI=1S/C12H13ClN2O5/c1-6(2)9(12(17)18)14-11(16)7-4-3-5-8(13)10(7)15(19)20/h3-6,9H,1-2H3,(H,14,16)(H,17,18)/t9-/m0/s1. The number of nitro groups is 1. The molecule has 1 amide bonds. The van der Waals surface area contributed by atoms with Crippen molar-refractivity contribution >= 4 is 29.2 Å². The van der Waals surface area contributed by atoms with Gasteiger partial charge >= 0.3 is 11.7 Å². The number of aliphatic carboxylic acids is 1. The molecule has 0 spiro atoms. The molecule has 0 aromatic heterocycles. The second-order valence-corrected chi connectivity index (χ2v) is 4.83. The Labute approximate surface area is 119 Å². The van der Waals surface area contributed by atoms with E-state index in [1.165, 1.54) is 18.2 Å². The number of hydrogen-bond acceptors (Lipinski definition) is 4. The molecule has 0 saturated carbocycles. The molecule has 0 heterocycles. The SMILES string of the molecule is CC(C)[C@H](NC(=O)c1cccc(Cl)c1[N+](=O)[O-])C(=O)O. The van der Waals surface area contributed by atoms with Gasteiger partial charge in [-0.2, -0.15) is 0 Å². The van der Waals surface area contributed by atoms with Gasteiger partial charge in [0.2, 0.25) is 0 Å². The number of hydrogen-bond donors (Lipinski definition) is 2. The van der Waals surface area contributed by atoms with Crippen molar-refractivity contribution in [1.29, 1.82) is 0 Å². The van der Waals surface area contributed by atoms with Crippen molar-refractivity contribution in [2.24, 2.45) is 5.92 Å². The topological polar surface area (TPSA) is 110 Å². The molecule has 0 aliphatic heterocycles. The number of carboxylic acids is 1. The van der Waals surface area contributed by atoms with Crippen LogP contribution in [0.1, 0.15) is 24.2 Å². The van der Waals surface area contributed by atoms with Crippen molar-refractivity contribution in [3.8, 4) is 0 Å². The maximum Gasteiger partial charge on any atom is 0.326 e. The lowest BCUT2D eigenvalue weighted by Gasteiger charge is -2.17. The van der Waals surface area contributed by atoms with E-state index in [1.54, 1.807) is 13.8 Å². The summed E-state index contributed by atoms with van der Waals surface area (Å²) in [4.78, 5) is 33.2. The fourth-order valence-corrected chi connectivity index (χ4v) is 1.86. The fourth-order valence-electron chi connectivity index (χ4n) is 1.62. The van der Waals surface area contributed by atoms with Crippen LogP contribution in [0.2, 0.25) is 5.02 Å². The Balaban J connectivity index is 3.13. The van der Waals surface area contributed by atoms with Gasteiger partial charge in [0.15, 0.2) is 0 Å². The summed E-state index contributed by atoms with van der Waals surface area (Å²) in [5.41, 5.74) is -0.811. The molecular weight excluding hydrogens is 288 g/mol. The first kappa shape index (κ1) is 15.9. The van der Waals surface area contributed by atoms with Crippen LogP contribution >= 0.6 is 11.6 Å². The molecule has 0 fully saturated rings. The Hall–Kier alpha value is -2.15. The van der Waals surface area contributed by atoms with Gasteiger partial charge in [-0.25, -0.2) is 4.79 Å². The minimum atomic E-state index is -1.21. The van der Waals surface area contributed by atoms with Crippen molar-refractivity contribution < 1.29 is 19.6 Å². The third-order valence-corrected chi connectivity index (χ3v) is 2.94. The average molecular weight is 301 g/mol. The second kappa shape index (κ2) is 6.33. The van der Waals surface area contributed by atoms with Gasteiger partial charge in [-0.3, -0.25) is 14.9 Å². The van der Waals surface area contributed by atoms with Gasteiger partial charge in [0.1, 0.15) is 16.6 Å². The summed E-state index contributed by atoms with van der Waals surface area (Å²) in [6, 6.07) is 2.75. The number of nitrogens with one attached hydrogen (secondary N) is 1. The first-order valence-electron chi connectivity index (χ1n) is 5.72. The van der Waals surface area contributed by atoms with E-state index in [0.29, 0.717) is 0 Å². The summed E-state index contributed by atoms with van der Waals surface area (Å²) < 4.78 is 0. The smallest absolute Gasteiger partial charge is 0.326 e. The van der Waals surface area contributed by atoms with E-state index in [2.05, 4.69) is 5.32 Å². The van der Waals surface area contributed by atoms with Crippen molar-refractivity contribution in [1.82, 2.24) is 5.32 Å². The van der Waals surface area contributed by atoms with Crippen LogP contribution in [0.25, 0.3) is 0 Å². The number of benzene rings is 1. The number of halogens is 1. The highest BCUT2D eigenvalue weighted by molar-refractivity contribution is 6.33. The number of carbonyl (C=O) groups excluding carboxylic acids is 1. The number of nitrogens with zero attached hydrogens (tertiary/aromatic N) is 1. The first-order chi connectivity index (χ1) is 9.25. The highest BCUT2D eigenvalue weighted by atomic mass is 35.5. The normalized spacial score (nSPS) is 12.0. The minimum absolute atomic E-state index is 0.181. The van der Waals surface area contributed by atoms with E-state index >= 15 is 0 Å². The molecule has 1 aromatic carbocycles. The maximum absolute atomic E-state index is 12.0. The summed E-state index contributed by atoms with van der Waals surface area (Å²) in [7, 11) is 0. The van der Waals surface area contributed by atoms with E-state index in [1.807, 2.05) is 0 Å². The number of carboxylic acid groups (broad SMARTS) is 1.